The van der Waals surface area contributed by atoms with Crippen molar-refractivity contribution < 1.29 is 19.5 Å². The van der Waals surface area contributed by atoms with Crippen LogP contribution in [-0.2, 0) is 9.59 Å². The van der Waals surface area contributed by atoms with E-state index < -0.39 is 17.8 Å². The van der Waals surface area contributed by atoms with E-state index in [1.165, 1.54) is 19.1 Å². The summed E-state index contributed by atoms with van der Waals surface area (Å²) in [6, 6.07) is 6.03. The van der Waals surface area contributed by atoms with Crippen molar-refractivity contribution in [3.63, 3.8) is 0 Å². The number of carbonyl (C=O) groups excluding carboxylic acids is 2. The lowest BCUT2D eigenvalue weighted by atomic mass is 10.1. The van der Waals surface area contributed by atoms with Crippen LogP contribution in [0.5, 0.6) is 0 Å². The molecule has 21 heavy (non-hydrogen) atoms. The van der Waals surface area contributed by atoms with Gasteiger partial charge in [0.25, 0.3) is 11.8 Å². The molecule has 0 unspecified atom stereocenters. The molecule has 8 heteroatoms. The van der Waals surface area contributed by atoms with E-state index in [-0.39, 0.29) is 26.0 Å². The monoisotopic (exact) mass is 322 g/mol. The third-order valence-corrected chi connectivity index (χ3v) is 4.04. The van der Waals surface area contributed by atoms with Crippen molar-refractivity contribution in [2.75, 3.05) is 5.32 Å². The van der Waals surface area contributed by atoms with Gasteiger partial charge in [0, 0.05) is 5.57 Å². The first-order valence-corrected chi connectivity index (χ1v) is 7.00. The van der Waals surface area contributed by atoms with Crippen LogP contribution in [0, 0.1) is 0 Å². The maximum absolute atomic E-state index is 12.1. The molecule has 1 fully saturated rings. The van der Waals surface area contributed by atoms with Crippen LogP contribution in [-0.4, -0.2) is 27.2 Å². The van der Waals surface area contributed by atoms with Crippen molar-refractivity contribution in [3.8, 4) is 0 Å². The Morgan fingerprint density at radius 1 is 1.33 bits per heavy atom. The number of rotatable bonds is 3. The lowest BCUT2D eigenvalue weighted by molar-refractivity contribution is -0.116. The predicted molar refractivity (Wildman–Crippen MR) is 83.1 cm³/mol. The van der Waals surface area contributed by atoms with E-state index in [0.29, 0.717) is 0 Å². The topological polar surface area (TPSA) is 95.5 Å². The number of thiocarbonyl (C=S) groups is 1. The second kappa shape index (κ2) is 6.06. The zero-order valence-corrected chi connectivity index (χ0v) is 12.4. The highest BCUT2D eigenvalue weighted by molar-refractivity contribution is 8.26. The highest BCUT2D eigenvalue weighted by Crippen LogP contribution is 2.27. The lowest BCUT2D eigenvalue weighted by Gasteiger charge is -2.09. The molecule has 1 aromatic carbocycles. The minimum Gasteiger partial charge on any atom is -0.478 e. The Kier molecular flexibility index (Phi) is 4.39. The van der Waals surface area contributed by atoms with Gasteiger partial charge < -0.3 is 15.7 Å². The van der Waals surface area contributed by atoms with E-state index in [1.807, 2.05) is 0 Å². The van der Waals surface area contributed by atoms with Crippen molar-refractivity contribution >= 4 is 51.8 Å². The van der Waals surface area contributed by atoms with Crippen molar-refractivity contribution in [2.45, 2.75) is 6.92 Å². The number of carbonyl (C=O) groups is 3. The van der Waals surface area contributed by atoms with Gasteiger partial charge in [-0.2, -0.15) is 0 Å². The Morgan fingerprint density at radius 2 is 2.00 bits per heavy atom. The Morgan fingerprint density at radius 3 is 2.57 bits per heavy atom. The number of anilines is 1. The summed E-state index contributed by atoms with van der Waals surface area (Å²) in [6.45, 7) is 1.48. The molecule has 0 saturated carbocycles. The molecule has 0 aliphatic carbocycles. The number of thioether (sulfide) groups is 1. The maximum atomic E-state index is 12.1. The average molecular weight is 322 g/mol. The van der Waals surface area contributed by atoms with E-state index >= 15 is 0 Å². The van der Waals surface area contributed by atoms with E-state index in [0.717, 1.165) is 11.8 Å². The number of hydrogen-bond acceptors (Lipinski definition) is 5. The number of hydrogen-bond donors (Lipinski definition) is 3. The highest BCUT2D eigenvalue weighted by atomic mass is 32.2. The summed E-state index contributed by atoms with van der Waals surface area (Å²) in [6.07, 6.45) is 0. The maximum Gasteiger partial charge on any atom is 0.337 e. The van der Waals surface area contributed by atoms with Gasteiger partial charge in [-0.25, -0.2) is 4.79 Å². The molecule has 1 aliphatic rings. The normalized spacial score (nSPS) is 16.4. The van der Waals surface area contributed by atoms with Gasteiger partial charge in [0.1, 0.15) is 4.32 Å². The van der Waals surface area contributed by atoms with E-state index in [4.69, 9.17) is 17.3 Å². The number of benzene rings is 1. The van der Waals surface area contributed by atoms with Gasteiger partial charge in [-0.15, -0.1) is 0 Å². The largest absolute Gasteiger partial charge is 0.478 e. The average Bonchev–Trinajstić information content (AvgIpc) is 2.77. The SMILES string of the molecule is CC(C(=O)Nc1ccccc1C(=O)O)=C1SC(=S)NC1=O. The number of nitrogens with one attached hydrogen (secondary N) is 2. The van der Waals surface area contributed by atoms with Crippen LogP contribution in [0.15, 0.2) is 34.7 Å². The van der Waals surface area contributed by atoms with Crippen LogP contribution in [0.25, 0.3) is 0 Å². The van der Waals surface area contributed by atoms with Gasteiger partial charge >= 0.3 is 5.97 Å². The molecule has 1 aromatic rings. The molecule has 6 nitrogen and oxygen atoms in total. The summed E-state index contributed by atoms with van der Waals surface area (Å²) < 4.78 is 0.285. The van der Waals surface area contributed by atoms with E-state index in [2.05, 4.69) is 10.6 Å². The second-order valence-electron chi connectivity index (χ2n) is 4.10. The first-order chi connectivity index (χ1) is 9.90. The minimum atomic E-state index is -1.15. The Bertz CT molecular complexity index is 697. The molecule has 0 atom stereocenters. The summed E-state index contributed by atoms with van der Waals surface area (Å²) in [5.41, 5.74) is 0.321. The summed E-state index contributed by atoms with van der Waals surface area (Å²) in [5, 5.41) is 14.0. The zero-order chi connectivity index (χ0) is 15.6. The lowest BCUT2D eigenvalue weighted by Crippen LogP contribution is -2.21. The quantitative estimate of drug-likeness (QED) is 0.579. The molecule has 0 spiro atoms. The fourth-order valence-corrected chi connectivity index (χ4v) is 2.72. The predicted octanol–water partition coefficient (Wildman–Crippen LogP) is 1.75. The van der Waals surface area contributed by atoms with Crippen molar-refractivity contribution in [3.05, 3.63) is 40.3 Å². The Labute approximate surface area is 129 Å². The van der Waals surface area contributed by atoms with Gasteiger partial charge in [0.05, 0.1) is 16.2 Å². The molecular weight excluding hydrogens is 312 g/mol. The molecular formula is C13H10N2O4S2. The van der Waals surface area contributed by atoms with Gasteiger partial charge in [-0.1, -0.05) is 36.1 Å². The van der Waals surface area contributed by atoms with Crippen LogP contribution < -0.4 is 10.6 Å². The third kappa shape index (κ3) is 3.29. The first kappa shape index (κ1) is 15.2. The van der Waals surface area contributed by atoms with Crippen molar-refractivity contribution in [1.29, 1.82) is 0 Å². The van der Waals surface area contributed by atoms with Crippen LogP contribution in [0.2, 0.25) is 0 Å². The Balaban J connectivity index is 2.27. The van der Waals surface area contributed by atoms with E-state index in [1.54, 1.807) is 12.1 Å². The molecule has 108 valence electrons. The van der Waals surface area contributed by atoms with Crippen LogP contribution in [0.3, 0.4) is 0 Å². The number of amides is 2. The van der Waals surface area contributed by atoms with Crippen molar-refractivity contribution in [1.82, 2.24) is 5.32 Å². The number of aromatic carboxylic acids is 1. The molecule has 1 saturated heterocycles. The molecule has 3 N–H and O–H groups in total. The number of carboxylic acid groups (broad SMARTS) is 1. The number of para-hydroxylation sites is 1. The van der Waals surface area contributed by atoms with Crippen LogP contribution in [0.1, 0.15) is 17.3 Å². The molecule has 0 aromatic heterocycles. The number of carboxylic acids is 1. The smallest absolute Gasteiger partial charge is 0.337 e. The summed E-state index contributed by atoms with van der Waals surface area (Å²) >= 11 is 5.86. The second-order valence-corrected chi connectivity index (χ2v) is 5.79. The van der Waals surface area contributed by atoms with Gasteiger partial charge in [0.2, 0.25) is 0 Å². The fraction of sp³-hybridized carbons (Fsp3) is 0.0769. The first-order valence-electron chi connectivity index (χ1n) is 5.78. The standard InChI is InChI=1S/C13H10N2O4S2/c1-6(9-11(17)15-13(20)21-9)10(16)14-8-5-3-2-4-7(8)12(18)19/h2-5H,1H3,(H,14,16)(H,18,19)(H,15,17,20). The summed E-state index contributed by atoms with van der Waals surface area (Å²) in [4.78, 5) is 35.0. The minimum absolute atomic E-state index is 0.0253. The van der Waals surface area contributed by atoms with E-state index in [9.17, 15) is 14.4 Å². The molecule has 1 aliphatic heterocycles. The molecule has 0 radical (unpaired) electrons. The van der Waals surface area contributed by atoms with Gasteiger partial charge in [-0.05, 0) is 19.1 Å². The van der Waals surface area contributed by atoms with Crippen LogP contribution in [0.4, 0.5) is 5.69 Å². The molecule has 0 bridgehead atoms. The highest BCUT2D eigenvalue weighted by Gasteiger charge is 2.27. The Hall–Kier alpha value is -2.19. The molecule has 1 heterocycles. The third-order valence-electron chi connectivity index (χ3n) is 2.70. The van der Waals surface area contributed by atoms with Crippen LogP contribution >= 0.6 is 24.0 Å². The summed E-state index contributed by atoms with van der Waals surface area (Å²) in [5.74, 6) is -2.12. The van der Waals surface area contributed by atoms with Gasteiger partial charge in [0.15, 0.2) is 0 Å². The summed E-state index contributed by atoms with van der Waals surface area (Å²) in [7, 11) is 0. The van der Waals surface area contributed by atoms with Gasteiger partial charge in [-0.3, -0.25) is 9.59 Å². The fourth-order valence-electron chi connectivity index (χ4n) is 1.66. The molecule has 2 rings (SSSR count). The molecule has 2 amide bonds. The zero-order valence-electron chi connectivity index (χ0n) is 10.8. The van der Waals surface area contributed by atoms with Crippen molar-refractivity contribution in [2.24, 2.45) is 0 Å².